The third kappa shape index (κ3) is 2.31. The van der Waals surface area contributed by atoms with Crippen LogP contribution in [0.15, 0.2) is 52.2 Å². The summed E-state index contributed by atoms with van der Waals surface area (Å²) in [5.74, 6) is 0.221. The second-order valence-electron chi connectivity index (χ2n) is 7.31. The van der Waals surface area contributed by atoms with Gasteiger partial charge in [-0.2, -0.15) is 0 Å². The van der Waals surface area contributed by atoms with Crippen LogP contribution in [0.1, 0.15) is 30.4 Å². The van der Waals surface area contributed by atoms with Gasteiger partial charge in [0.2, 0.25) is 5.91 Å². The van der Waals surface area contributed by atoms with Crippen LogP contribution in [0.5, 0.6) is 0 Å². The quantitative estimate of drug-likeness (QED) is 0.756. The summed E-state index contributed by atoms with van der Waals surface area (Å²) in [6.45, 7) is 1.26. The molecule has 1 aromatic carbocycles. The lowest BCUT2D eigenvalue weighted by Gasteiger charge is -2.32. The zero-order valence-electron chi connectivity index (χ0n) is 14.2. The van der Waals surface area contributed by atoms with Crippen LogP contribution in [0.25, 0.3) is 0 Å². The summed E-state index contributed by atoms with van der Waals surface area (Å²) >= 11 is 3.47. The monoisotopic (exact) mass is 411 g/mol. The summed E-state index contributed by atoms with van der Waals surface area (Å²) < 4.78 is 7.00. The number of carbonyl (C=O) groups excluding carboxylic acids is 1. The Morgan fingerprint density at radius 1 is 1.15 bits per heavy atom. The van der Waals surface area contributed by atoms with E-state index in [9.17, 15) is 4.79 Å². The van der Waals surface area contributed by atoms with Crippen molar-refractivity contribution in [1.82, 2.24) is 9.88 Å². The maximum atomic E-state index is 13.4. The minimum Gasteiger partial charge on any atom is -0.470 e. The van der Waals surface area contributed by atoms with E-state index in [0.717, 1.165) is 40.5 Å². The molecule has 6 heteroatoms. The molecular weight excluding hydrogens is 394 g/mol. The first kappa shape index (κ1) is 16.0. The first-order valence-corrected chi connectivity index (χ1v) is 9.63. The van der Waals surface area contributed by atoms with Crippen molar-refractivity contribution in [3.8, 4) is 0 Å². The second kappa shape index (κ2) is 5.64. The normalized spacial score (nSPS) is 25.0. The van der Waals surface area contributed by atoms with Crippen LogP contribution in [0.2, 0.25) is 0 Å². The van der Waals surface area contributed by atoms with Gasteiger partial charge in [-0.15, -0.1) is 0 Å². The molecule has 0 radical (unpaired) electrons. The van der Waals surface area contributed by atoms with Gasteiger partial charge >= 0.3 is 0 Å². The minimum absolute atomic E-state index is 0.221. The molecule has 2 aromatic rings. The van der Waals surface area contributed by atoms with Crippen LogP contribution in [-0.4, -0.2) is 35.3 Å². The van der Waals surface area contributed by atoms with E-state index >= 15 is 0 Å². The Kier molecular flexibility index (Phi) is 3.47. The number of nitrogens with zero attached hydrogens (tertiary/aromatic N) is 3. The molecule has 2 fully saturated rings. The number of ether oxygens (including phenoxy) is 1. The van der Waals surface area contributed by atoms with Gasteiger partial charge in [0.15, 0.2) is 12.0 Å². The van der Waals surface area contributed by atoms with Crippen LogP contribution in [-0.2, 0) is 20.5 Å². The number of fused-ring (bicyclic) bond motifs is 2. The van der Waals surface area contributed by atoms with E-state index < -0.39 is 5.60 Å². The highest BCUT2D eigenvalue weighted by molar-refractivity contribution is 9.10. The molecule has 1 spiro atoms. The first-order valence-electron chi connectivity index (χ1n) is 8.83. The average Bonchev–Trinajstić information content (AvgIpc) is 3.38. The van der Waals surface area contributed by atoms with E-state index in [1.54, 1.807) is 12.4 Å². The Bertz CT molecular complexity index is 908. The van der Waals surface area contributed by atoms with E-state index in [-0.39, 0.29) is 11.3 Å². The maximum Gasteiger partial charge on any atom is 0.233 e. The number of amides is 1. The summed E-state index contributed by atoms with van der Waals surface area (Å²) in [5.41, 5.74) is 2.13. The number of hydrogen-bond acceptors (Lipinski definition) is 4. The van der Waals surface area contributed by atoms with Gasteiger partial charge in [0.25, 0.3) is 0 Å². The molecule has 26 heavy (non-hydrogen) atoms. The zero-order valence-corrected chi connectivity index (χ0v) is 15.8. The Morgan fingerprint density at radius 2 is 1.96 bits per heavy atom. The SMILES string of the molecule is O=C(N1CCC2(C1)OC=Nc1cnccc12)C1(c2ccc(Br)cc2)CC1. The molecule has 0 bridgehead atoms. The third-order valence-corrected chi connectivity index (χ3v) is 6.36. The van der Waals surface area contributed by atoms with Crippen molar-refractivity contribution in [2.75, 3.05) is 13.1 Å². The molecule has 1 aromatic heterocycles. The maximum absolute atomic E-state index is 13.4. The molecular formula is C20H18BrN3O2. The van der Waals surface area contributed by atoms with E-state index in [2.05, 4.69) is 38.0 Å². The van der Waals surface area contributed by atoms with Gasteiger partial charge in [0.05, 0.1) is 23.8 Å². The predicted molar refractivity (Wildman–Crippen MR) is 101 cm³/mol. The van der Waals surface area contributed by atoms with Crippen LogP contribution in [0.3, 0.4) is 0 Å². The fourth-order valence-electron chi connectivity index (χ4n) is 4.22. The largest absolute Gasteiger partial charge is 0.470 e. The van der Waals surface area contributed by atoms with Crippen molar-refractivity contribution in [1.29, 1.82) is 0 Å². The van der Waals surface area contributed by atoms with E-state index in [4.69, 9.17) is 4.74 Å². The summed E-state index contributed by atoms with van der Waals surface area (Å²) in [6.07, 6.45) is 7.63. The Morgan fingerprint density at radius 3 is 2.73 bits per heavy atom. The average molecular weight is 412 g/mol. The second-order valence-corrected chi connectivity index (χ2v) is 8.22. The van der Waals surface area contributed by atoms with Gasteiger partial charge in [0.1, 0.15) is 0 Å². The van der Waals surface area contributed by atoms with Gasteiger partial charge < -0.3 is 9.64 Å². The number of hydrogen-bond donors (Lipinski definition) is 0. The van der Waals surface area contributed by atoms with E-state index in [1.165, 1.54) is 6.40 Å². The summed E-state index contributed by atoms with van der Waals surface area (Å²) in [5, 5.41) is 0. The number of pyridine rings is 1. The highest BCUT2D eigenvalue weighted by atomic mass is 79.9. The molecule has 5 nitrogen and oxygen atoms in total. The third-order valence-electron chi connectivity index (χ3n) is 5.84. The van der Waals surface area contributed by atoms with Gasteiger partial charge in [-0.05, 0) is 36.6 Å². The Hall–Kier alpha value is -2.21. The lowest BCUT2D eigenvalue weighted by molar-refractivity contribution is -0.133. The number of aliphatic imine (C=N–C) groups is 1. The molecule has 1 amide bonds. The fourth-order valence-corrected chi connectivity index (χ4v) is 4.48. The molecule has 0 N–H and O–H groups in total. The Balaban J connectivity index is 1.42. The lowest BCUT2D eigenvalue weighted by atomic mass is 9.91. The Labute approximate surface area is 160 Å². The molecule has 1 saturated heterocycles. The van der Waals surface area contributed by atoms with Crippen LogP contribution >= 0.6 is 15.9 Å². The van der Waals surface area contributed by atoms with E-state index in [0.29, 0.717) is 13.1 Å². The van der Waals surface area contributed by atoms with Gasteiger partial charge in [-0.3, -0.25) is 9.78 Å². The number of benzene rings is 1. The fraction of sp³-hybridized carbons (Fsp3) is 0.350. The van der Waals surface area contributed by atoms with Crippen LogP contribution < -0.4 is 0 Å². The predicted octanol–water partition coefficient (Wildman–Crippen LogP) is 3.69. The lowest BCUT2D eigenvalue weighted by Crippen LogP contribution is -2.41. The van der Waals surface area contributed by atoms with Crippen molar-refractivity contribution >= 4 is 33.9 Å². The molecule has 1 aliphatic carbocycles. The summed E-state index contributed by atoms with van der Waals surface area (Å²) in [4.78, 5) is 23.8. The van der Waals surface area contributed by atoms with Crippen molar-refractivity contribution in [3.05, 3.63) is 58.3 Å². The molecule has 2 aliphatic heterocycles. The molecule has 3 heterocycles. The smallest absolute Gasteiger partial charge is 0.233 e. The standard InChI is InChI=1S/C20H18BrN3O2/c21-15-3-1-14(2-4-15)19(6-7-19)18(25)24-10-8-20(12-24)16-5-9-22-11-17(16)23-13-26-20/h1-5,9,11,13H,6-8,10,12H2. The van der Waals surface area contributed by atoms with Gasteiger partial charge in [0, 0.05) is 29.2 Å². The molecule has 1 saturated carbocycles. The minimum atomic E-state index is -0.495. The topological polar surface area (TPSA) is 54.8 Å². The number of carbonyl (C=O) groups is 1. The first-order chi connectivity index (χ1) is 12.6. The zero-order chi connectivity index (χ0) is 17.8. The molecule has 1 atom stereocenters. The van der Waals surface area contributed by atoms with E-state index in [1.807, 2.05) is 23.1 Å². The molecule has 3 aliphatic rings. The van der Waals surface area contributed by atoms with Crippen molar-refractivity contribution in [3.63, 3.8) is 0 Å². The number of rotatable bonds is 2. The number of likely N-dealkylation sites (tertiary alicyclic amines) is 1. The highest BCUT2D eigenvalue weighted by Gasteiger charge is 2.56. The highest BCUT2D eigenvalue weighted by Crippen LogP contribution is 2.51. The summed E-state index contributed by atoms with van der Waals surface area (Å²) in [7, 11) is 0. The summed E-state index contributed by atoms with van der Waals surface area (Å²) in [6, 6.07) is 10.1. The molecule has 132 valence electrons. The molecule has 5 rings (SSSR count). The van der Waals surface area contributed by atoms with Gasteiger partial charge in [-0.25, -0.2) is 4.99 Å². The van der Waals surface area contributed by atoms with Crippen LogP contribution in [0.4, 0.5) is 5.69 Å². The molecule has 1 unspecified atom stereocenters. The van der Waals surface area contributed by atoms with Gasteiger partial charge in [-0.1, -0.05) is 28.1 Å². The van der Waals surface area contributed by atoms with Crippen molar-refractivity contribution in [2.24, 2.45) is 4.99 Å². The number of halogens is 1. The van der Waals surface area contributed by atoms with Crippen molar-refractivity contribution < 1.29 is 9.53 Å². The van der Waals surface area contributed by atoms with Crippen molar-refractivity contribution in [2.45, 2.75) is 30.3 Å². The number of aromatic nitrogens is 1. The van der Waals surface area contributed by atoms with Crippen LogP contribution in [0, 0.1) is 0 Å².